The van der Waals surface area contributed by atoms with Crippen LogP contribution < -0.4 is 0 Å². The van der Waals surface area contributed by atoms with Crippen molar-refractivity contribution in [2.75, 3.05) is 0 Å². The molecule has 2 unspecified atom stereocenters. The third kappa shape index (κ3) is 2.02. The van der Waals surface area contributed by atoms with E-state index in [-0.39, 0.29) is 10.6 Å². The minimum atomic E-state index is -1.62. The van der Waals surface area contributed by atoms with Crippen LogP contribution in [-0.2, 0) is 4.43 Å². The fraction of sp³-hybridized carbons (Fsp3) is 1.00. The van der Waals surface area contributed by atoms with Crippen LogP contribution in [0.15, 0.2) is 0 Å². The van der Waals surface area contributed by atoms with Crippen molar-refractivity contribution < 1.29 is 9.53 Å². The average molecular weight is 228 g/mol. The largest absolute Gasteiger partial charge is 0.414 e. The molecule has 2 nitrogen and oxygen atoms in total. The zero-order valence-electron chi connectivity index (χ0n) is 10.6. The lowest BCUT2D eigenvalue weighted by Gasteiger charge is -2.38. The van der Waals surface area contributed by atoms with Gasteiger partial charge in [0.15, 0.2) is 8.32 Å². The van der Waals surface area contributed by atoms with Crippen LogP contribution in [0, 0.1) is 5.92 Å². The summed E-state index contributed by atoms with van der Waals surface area (Å²) in [6.45, 7) is 11.4. The molecule has 0 aromatic rings. The molecule has 0 aromatic carbocycles. The molecular weight excluding hydrogens is 204 g/mol. The summed E-state index contributed by atoms with van der Waals surface area (Å²) < 4.78 is 6.31. The first-order chi connectivity index (χ1) is 6.64. The Morgan fingerprint density at radius 1 is 1.27 bits per heavy atom. The van der Waals surface area contributed by atoms with Crippen molar-refractivity contribution in [1.82, 2.24) is 0 Å². The molecule has 2 fully saturated rings. The lowest BCUT2D eigenvalue weighted by molar-refractivity contribution is 0.101. The van der Waals surface area contributed by atoms with Crippen molar-refractivity contribution in [3.05, 3.63) is 0 Å². The molecule has 88 valence electrons. The predicted molar refractivity (Wildman–Crippen MR) is 64.4 cm³/mol. The quantitative estimate of drug-likeness (QED) is 0.736. The van der Waals surface area contributed by atoms with Gasteiger partial charge in [-0.25, -0.2) is 0 Å². The van der Waals surface area contributed by atoms with Gasteiger partial charge in [0.1, 0.15) is 0 Å². The molecule has 2 saturated carbocycles. The van der Waals surface area contributed by atoms with E-state index in [0.29, 0.717) is 12.0 Å². The lowest BCUT2D eigenvalue weighted by Crippen LogP contribution is -2.43. The summed E-state index contributed by atoms with van der Waals surface area (Å²) in [6, 6.07) is 0. The van der Waals surface area contributed by atoms with E-state index in [1.165, 1.54) is 0 Å². The number of hydrogen-bond acceptors (Lipinski definition) is 2. The summed E-state index contributed by atoms with van der Waals surface area (Å²) in [6.07, 6.45) is 3.31. The van der Waals surface area contributed by atoms with E-state index in [0.717, 1.165) is 19.3 Å². The average Bonchev–Trinajstić information content (AvgIpc) is 2.47. The second kappa shape index (κ2) is 3.08. The normalized spacial score (nSPS) is 40.4. The summed E-state index contributed by atoms with van der Waals surface area (Å²) in [4.78, 5) is 0. The number of fused-ring (bicyclic) bond motifs is 1. The topological polar surface area (TPSA) is 29.5 Å². The van der Waals surface area contributed by atoms with Gasteiger partial charge in [-0.3, -0.25) is 0 Å². The molecule has 0 bridgehead atoms. The zero-order valence-corrected chi connectivity index (χ0v) is 11.6. The van der Waals surface area contributed by atoms with Gasteiger partial charge in [0.05, 0.1) is 5.60 Å². The molecule has 0 amide bonds. The third-order valence-electron chi connectivity index (χ3n) is 4.60. The Balaban J connectivity index is 1.93. The third-order valence-corrected chi connectivity index (χ3v) is 9.13. The molecule has 0 aliphatic heterocycles. The molecule has 2 aliphatic carbocycles. The fourth-order valence-corrected chi connectivity index (χ4v) is 3.77. The van der Waals surface area contributed by atoms with Gasteiger partial charge < -0.3 is 9.53 Å². The van der Waals surface area contributed by atoms with Gasteiger partial charge in [0, 0.05) is 12.5 Å². The molecule has 3 heteroatoms. The molecule has 15 heavy (non-hydrogen) atoms. The van der Waals surface area contributed by atoms with Crippen molar-refractivity contribution in [3.63, 3.8) is 0 Å². The van der Waals surface area contributed by atoms with Crippen LogP contribution in [0.25, 0.3) is 0 Å². The molecule has 0 spiro atoms. The second-order valence-corrected chi connectivity index (χ2v) is 11.7. The Kier molecular flexibility index (Phi) is 2.39. The highest BCUT2D eigenvalue weighted by atomic mass is 28.4. The Hall–Kier alpha value is 0.137. The molecule has 0 radical (unpaired) electrons. The van der Waals surface area contributed by atoms with Crippen LogP contribution in [-0.4, -0.2) is 25.1 Å². The number of aliphatic hydroxyl groups is 1. The van der Waals surface area contributed by atoms with Crippen LogP contribution in [0.5, 0.6) is 0 Å². The second-order valence-electron chi connectivity index (χ2n) is 6.94. The minimum Gasteiger partial charge on any atom is -0.414 e. The van der Waals surface area contributed by atoms with Crippen molar-refractivity contribution >= 4 is 8.32 Å². The van der Waals surface area contributed by atoms with E-state index in [4.69, 9.17) is 4.43 Å². The summed E-state index contributed by atoms with van der Waals surface area (Å²) in [5.74, 6) is 0.548. The highest BCUT2D eigenvalue weighted by Gasteiger charge is 2.60. The number of hydrogen-bond donors (Lipinski definition) is 1. The first kappa shape index (κ1) is 11.6. The monoisotopic (exact) mass is 228 g/mol. The molecule has 0 aromatic heterocycles. The van der Waals surface area contributed by atoms with Crippen LogP contribution >= 0.6 is 0 Å². The van der Waals surface area contributed by atoms with Gasteiger partial charge in [-0.15, -0.1) is 0 Å². The highest BCUT2D eigenvalue weighted by Crippen LogP contribution is 2.57. The minimum absolute atomic E-state index is 0.280. The molecule has 2 rings (SSSR count). The smallest absolute Gasteiger partial charge is 0.192 e. The van der Waals surface area contributed by atoms with E-state index < -0.39 is 8.32 Å². The predicted octanol–water partition coefficient (Wildman–Crippen LogP) is 2.92. The maximum absolute atomic E-state index is 9.97. The van der Waals surface area contributed by atoms with Crippen molar-refractivity contribution in [3.8, 4) is 0 Å². The first-order valence-electron chi connectivity index (χ1n) is 6.04. The maximum Gasteiger partial charge on any atom is 0.192 e. The first-order valence-corrected chi connectivity index (χ1v) is 8.95. The molecule has 2 aliphatic rings. The van der Waals surface area contributed by atoms with E-state index in [1.807, 2.05) is 0 Å². The van der Waals surface area contributed by atoms with Gasteiger partial charge in [-0.05, 0) is 36.9 Å². The van der Waals surface area contributed by atoms with Gasteiger partial charge in [0.25, 0.3) is 0 Å². The van der Waals surface area contributed by atoms with Crippen LogP contribution in [0.2, 0.25) is 18.1 Å². The van der Waals surface area contributed by atoms with Crippen LogP contribution in [0.3, 0.4) is 0 Å². The molecular formula is C12H24O2Si. The summed E-state index contributed by atoms with van der Waals surface area (Å²) >= 11 is 0. The van der Waals surface area contributed by atoms with Gasteiger partial charge in [-0.2, -0.15) is 0 Å². The van der Waals surface area contributed by atoms with E-state index in [2.05, 4.69) is 33.9 Å². The standard InChI is InChI=1S/C12H24O2Si/c1-11(2,3)15(4,5)14-10-6-9-7-12(9,13)8-10/h9-10,13H,6-8H2,1-5H3/t9?,10-,12?/m1/s1. The Bertz CT molecular complexity index is 269. The highest BCUT2D eigenvalue weighted by molar-refractivity contribution is 6.74. The van der Waals surface area contributed by atoms with Crippen molar-refractivity contribution in [2.24, 2.45) is 5.92 Å². The summed E-state index contributed by atoms with van der Waals surface area (Å²) in [5, 5.41) is 10.3. The van der Waals surface area contributed by atoms with E-state index in [1.54, 1.807) is 0 Å². The zero-order chi connectivity index (χ0) is 11.5. The fourth-order valence-electron chi connectivity index (χ4n) is 2.40. The molecule has 0 heterocycles. The van der Waals surface area contributed by atoms with Crippen LogP contribution in [0.4, 0.5) is 0 Å². The van der Waals surface area contributed by atoms with Crippen LogP contribution in [0.1, 0.15) is 40.0 Å². The Labute approximate surface area is 94.2 Å². The lowest BCUT2D eigenvalue weighted by atomic mass is 10.2. The van der Waals surface area contributed by atoms with E-state index >= 15 is 0 Å². The Morgan fingerprint density at radius 2 is 1.87 bits per heavy atom. The van der Waals surface area contributed by atoms with Gasteiger partial charge in [-0.1, -0.05) is 20.8 Å². The van der Waals surface area contributed by atoms with E-state index in [9.17, 15) is 5.11 Å². The van der Waals surface area contributed by atoms with Gasteiger partial charge in [0.2, 0.25) is 0 Å². The maximum atomic E-state index is 9.97. The molecule has 0 saturated heterocycles. The van der Waals surface area contributed by atoms with Crippen molar-refractivity contribution in [2.45, 2.75) is 69.9 Å². The SMILES string of the molecule is CC(C)(C)[Si](C)(C)O[C@@H]1CC2CC2(O)C1. The Morgan fingerprint density at radius 3 is 2.27 bits per heavy atom. The summed E-state index contributed by atoms with van der Waals surface area (Å²) in [5.41, 5.74) is -0.326. The van der Waals surface area contributed by atoms with Crippen molar-refractivity contribution in [1.29, 1.82) is 0 Å². The summed E-state index contributed by atoms with van der Waals surface area (Å²) in [7, 11) is -1.62. The van der Waals surface area contributed by atoms with Gasteiger partial charge >= 0.3 is 0 Å². The number of rotatable bonds is 2. The molecule has 3 atom stereocenters. The molecule has 1 N–H and O–H groups in total.